The van der Waals surface area contributed by atoms with Gasteiger partial charge in [0.2, 0.25) is 10.0 Å². The van der Waals surface area contributed by atoms with E-state index in [1.54, 1.807) is 30.5 Å². The third-order valence-electron chi connectivity index (χ3n) is 5.04. The van der Waals surface area contributed by atoms with Crippen LogP contribution in [0.3, 0.4) is 0 Å². The van der Waals surface area contributed by atoms with Gasteiger partial charge in [0.25, 0.3) is 0 Å². The van der Waals surface area contributed by atoms with Crippen LogP contribution in [0.25, 0.3) is 10.9 Å². The van der Waals surface area contributed by atoms with Gasteiger partial charge in [-0.05, 0) is 29.7 Å². The highest BCUT2D eigenvalue weighted by molar-refractivity contribution is 7.89. The van der Waals surface area contributed by atoms with Gasteiger partial charge in [0.15, 0.2) is 0 Å². The van der Waals surface area contributed by atoms with Gasteiger partial charge in [-0.2, -0.15) is 4.31 Å². The maximum absolute atomic E-state index is 13.8. The number of ether oxygens (including phenoxy) is 1. The van der Waals surface area contributed by atoms with Crippen molar-refractivity contribution in [1.82, 2.24) is 9.29 Å². The van der Waals surface area contributed by atoms with E-state index in [4.69, 9.17) is 4.74 Å². The van der Waals surface area contributed by atoms with E-state index in [0.29, 0.717) is 31.7 Å². The summed E-state index contributed by atoms with van der Waals surface area (Å²) in [6.45, 7) is 4.90. The van der Waals surface area contributed by atoms with Crippen molar-refractivity contribution >= 4 is 20.9 Å². The van der Waals surface area contributed by atoms with E-state index < -0.39 is 10.0 Å². The smallest absolute Gasteiger partial charge is 0.245 e. The van der Waals surface area contributed by atoms with Crippen LogP contribution in [0.5, 0.6) is 0 Å². The van der Waals surface area contributed by atoms with Crippen LogP contribution in [0.15, 0.2) is 78.3 Å². The molecule has 144 valence electrons. The third-order valence-corrected chi connectivity index (χ3v) is 6.97. The summed E-state index contributed by atoms with van der Waals surface area (Å²) in [6, 6.07) is 16.4. The zero-order chi connectivity index (χ0) is 19.6. The van der Waals surface area contributed by atoms with Gasteiger partial charge in [-0.15, -0.1) is 6.58 Å². The molecule has 6 heteroatoms. The second kappa shape index (κ2) is 7.83. The van der Waals surface area contributed by atoms with Crippen molar-refractivity contribution in [2.75, 3.05) is 6.61 Å². The monoisotopic (exact) mass is 394 g/mol. The summed E-state index contributed by atoms with van der Waals surface area (Å²) in [6.07, 6.45) is 3.87. The molecule has 2 heterocycles. The lowest BCUT2D eigenvalue weighted by atomic mass is 10.1. The molecule has 4 rings (SSSR count). The van der Waals surface area contributed by atoms with Crippen molar-refractivity contribution in [2.24, 2.45) is 0 Å². The van der Waals surface area contributed by atoms with Crippen LogP contribution in [-0.4, -0.2) is 30.4 Å². The number of para-hydroxylation sites is 1. The summed E-state index contributed by atoms with van der Waals surface area (Å²) < 4.78 is 34.9. The molecule has 5 nitrogen and oxygen atoms in total. The lowest BCUT2D eigenvalue weighted by Gasteiger charge is -2.33. The highest BCUT2D eigenvalue weighted by Gasteiger charge is 2.34. The molecule has 0 spiro atoms. The normalized spacial score (nSPS) is 18.2. The molecule has 1 atom stereocenters. The average molecular weight is 394 g/mol. The van der Waals surface area contributed by atoms with Crippen LogP contribution in [0.4, 0.5) is 0 Å². The minimum atomic E-state index is -3.80. The Hall–Kier alpha value is -2.54. The predicted molar refractivity (Wildman–Crippen MR) is 109 cm³/mol. The predicted octanol–water partition coefficient (Wildman–Crippen LogP) is 3.90. The molecule has 1 unspecified atom stereocenters. The Labute approximate surface area is 165 Å². The van der Waals surface area contributed by atoms with E-state index in [2.05, 4.69) is 11.6 Å². The first-order valence-corrected chi connectivity index (χ1v) is 10.7. The van der Waals surface area contributed by atoms with Crippen LogP contribution in [0.1, 0.15) is 17.5 Å². The molecule has 0 saturated carbocycles. The number of fused-ring (bicyclic) bond motifs is 2. The SMILES string of the molecule is C=CCC1COCc2ccccc2CN1S(=O)(=O)c1cccc2cccnc12. The Bertz CT molecular complexity index is 1110. The molecule has 0 aliphatic carbocycles. The fraction of sp³-hybridized carbons (Fsp3) is 0.227. The minimum Gasteiger partial charge on any atom is -0.375 e. The fourth-order valence-corrected chi connectivity index (χ4v) is 5.37. The molecule has 0 fully saturated rings. The van der Waals surface area contributed by atoms with E-state index in [1.807, 2.05) is 36.4 Å². The average Bonchev–Trinajstić information content (AvgIpc) is 2.70. The summed E-state index contributed by atoms with van der Waals surface area (Å²) >= 11 is 0. The molecule has 0 bridgehead atoms. The molecule has 1 aliphatic rings. The van der Waals surface area contributed by atoms with E-state index in [1.165, 1.54) is 4.31 Å². The zero-order valence-corrected chi connectivity index (χ0v) is 16.3. The zero-order valence-electron chi connectivity index (χ0n) is 15.5. The van der Waals surface area contributed by atoms with Gasteiger partial charge >= 0.3 is 0 Å². The number of nitrogens with zero attached hydrogens (tertiary/aromatic N) is 2. The summed E-state index contributed by atoms with van der Waals surface area (Å²) in [5.41, 5.74) is 2.45. The van der Waals surface area contributed by atoms with Gasteiger partial charge in [-0.1, -0.05) is 48.5 Å². The highest BCUT2D eigenvalue weighted by Crippen LogP contribution is 2.29. The van der Waals surface area contributed by atoms with Crippen molar-refractivity contribution in [3.8, 4) is 0 Å². The van der Waals surface area contributed by atoms with Gasteiger partial charge < -0.3 is 4.74 Å². The molecule has 0 radical (unpaired) electrons. The molecular weight excluding hydrogens is 372 g/mol. The Kier molecular flexibility index (Phi) is 5.26. The van der Waals surface area contributed by atoms with Crippen LogP contribution in [0.2, 0.25) is 0 Å². The van der Waals surface area contributed by atoms with Crippen LogP contribution in [-0.2, 0) is 27.9 Å². The highest BCUT2D eigenvalue weighted by atomic mass is 32.2. The molecule has 1 aromatic heterocycles. The molecule has 3 aromatic rings. The van der Waals surface area contributed by atoms with Crippen molar-refractivity contribution in [2.45, 2.75) is 30.5 Å². The quantitative estimate of drug-likeness (QED) is 0.630. The summed E-state index contributed by atoms with van der Waals surface area (Å²) in [5, 5.41) is 0.799. The summed E-state index contributed by atoms with van der Waals surface area (Å²) in [7, 11) is -3.80. The molecule has 28 heavy (non-hydrogen) atoms. The van der Waals surface area contributed by atoms with E-state index in [9.17, 15) is 8.42 Å². The van der Waals surface area contributed by atoms with Crippen LogP contribution in [0, 0.1) is 0 Å². The molecular formula is C22H22N2O3S. The van der Waals surface area contributed by atoms with E-state index >= 15 is 0 Å². The number of aromatic nitrogens is 1. The van der Waals surface area contributed by atoms with Crippen molar-refractivity contribution < 1.29 is 13.2 Å². The van der Waals surface area contributed by atoms with E-state index in [-0.39, 0.29) is 10.9 Å². The lowest BCUT2D eigenvalue weighted by molar-refractivity contribution is 0.0683. The van der Waals surface area contributed by atoms with Crippen molar-refractivity contribution in [3.05, 3.63) is 84.6 Å². The third kappa shape index (κ3) is 3.46. The number of hydrogen-bond acceptors (Lipinski definition) is 4. The molecule has 0 N–H and O–H groups in total. The first-order valence-electron chi connectivity index (χ1n) is 9.22. The molecule has 0 saturated heterocycles. The topological polar surface area (TPSA) is 59.5 Å². The molecule has 1 aliphatic heterocycles. The van der Waals surface area contributed by atoms with Gasteiger partial charge in [-0.25, -0.2) is 8.42 Å². The van der Waals surface area contributed by atoms with Gasteiger partial charge in [-0.3, -0.25) is 4.98 Å². The van der Waals surface area contributed by atoms with Gasteiger partial charge in [0.05, 0.1) is 24.8 Å². The Balaban J connectivity index is 1.85. The summed E-state index contributed by atoms with van der Waals surface area (Å²) in [5.74, 6) is 0. The standard InChI is InChI=1S/C22H22N2O3S/c1-2-7-20-16-27-15-19-9-4-3-8-18(19)14-24(20)28(25,26)21-12-5-10-17-11-6-13-23-22(17)21/h2-6,8-13,20H,1,7,14-16H2. The van der Waals surface area contributed by atoms with Gasteiger partial charge in [0.1, 0.15) is 4.90 Å². The Morgan fingerprint density at radius 1 is 1.11 bits per heavy atom. The van der Waals surface area contributed by atoms with Crippen LogP contribution >= 0.6 is 0 Å². The summed E-state index contributed by atoms with van der Waals surface area (Å²) in [4.78, 5) is 4.56. The number of benzene rings is 2. The first-order chi connectivity index (χ1) is 13.6. The Morgan fingerprint density at radius 2 is 1.89 bits per heavy atom. The van der Waals surface area contributed by atoms with Crippen molar-refractivity contribution in [1.29, 1.82) is 0 Å². The van der Waals surface area contributed by atoms with E-state index in [0.717, 1.165) is 16.5 Å². The first kappa shape index (κ1) is 18.8. The maximum atomic E-state index is 13.8. The number of sulfonamides is 1. The second-order valence-corrected chi connectivity index (χ2v) is 8.70. The lowest BCUT2D eigenvalue weighted by Crippen LogP contribution is -2.43. The second-order valence-electron chi connectivity index (χ2n) is 6.84. The molecule has 0 amide bonds. The van der Waals surface area contributed by atoms with Crippen molar-refractivity contribution in [3.63, 3.8) is 0 Å². The Morgan fingerprint density at radius 3 is 2.71 bits per heavy atom. The number of hydrogen-bond donors (Lipinski definition) is 0. The minimum absolute atomic E-state index is 0.220. The van der Waals surface area contributed by atoms with Gasteiger partial charge in [0, 0.05) is 18.1 Å². The molecule has 2 aromatic carbocycles. The number of pyridine rings is 1. The number of rotatable bonds is 4. The largest absolute Gasteiger partial charge is 0.375 e. The fourth-order valence-electron chi connectivity index (χ4n) is 3.61. The van der Waals surface area contributed by atoms with Crippen LogP contribution < -0.4 is 0 Å². The maximum Gasteiger partial charge on any atom is 0.245 e.